The third-order valence-corrected chi connectivity index (χ3v) is 2.91. The number of nitrogens with zero attached hydrogens (tertiary/aromatic N) is 1. The van der Waals surface area contributed by atoms with Gasteiger partial charge in [0, 0.05) is 30.5 Å². The molecule has 17 heavy (non-hydrogen) atoms. The molecule has 0 aliphatic rings. The second-order valence-corrected chi connectivity index (χ2v) is 4.37. The van der Waals surface area contributed by atoms with Crippen LogP contribution in [0.4, 0.5) is 4.39 Å². The molecular formula is C13H14ClFN2. The number of hydrogen-bond acceptors (Lipinski definition) is 1. The summed E-state index contributed by atoms with van der Waals surface area (Å²) < 4.78 is 14.9. The van der Waals surface area contributed by atoms with E-state index in [-0.39, 0.29) is 5.82 Å². The first-order chi connectivity index (χ1) is 8.19. The quantitative estimate of drug-likeness (QED) is 0.885. The average molecular weight is 253 g/mol. The molecule has 1 aromatic carbocycles. The molecule has 0 aliphatic heterocycles. The van der Waals surface area contributed by atoms with Crippen LogP contribution in [0.1, 0.15) is 11.1 Å². The molecule has 0 atom stereocenters. The van der Waals surface area contributed by atoms with Gasteiger partial charge in [0.2, 0.25) is 0 Å². The van der Waals surface area contributed by atoms with E-state index in [1.807, 2.05) is 23.9 Å². The van der Waals surface area contributed by atoms with Gasteiger partial charge in [-0.15, -0.1) is 0 Å². The second kappa shape index (κ2) is 5.34. The minimum Gasteiger partial charge on any atom is -0.350 e. The SMILES string of the molecule is CNCc1ccn(Cc2ccc(F)cc2Cl)c1. The monoisotopic (exact) mass is 252 g/mol. The Hall–Kier alpha value is -1.32. The Labute approximate surface area is 105 Å². The molecule has 2 aromatic rings. The highest BCUT2D eigenvalue weighted by molar-refractivity contribution is 6.31. The van der Waals surface area contributed by atoms with Gasteiger partial charge in [-0.05, 0) is 36.4 Å². The summed E-state index contributed by atoms with van der Waals surface area (Å²) in [6.07, 6.45) is 4.04. The Morgan fingerprint density at radius 1 is 1.35 bits per heavy atom. The van der Waals surface area contributed by atoms with Crippen LogP contribution in [0.15, 0.2) is 36.7 Å². The van der Waals surface area contributed by atoms with E-state index in [1.165, 1.54) is 17.7 Å². The van der Waals surface area contributed by atoms with Crippen molar-refractivity contribution < 1.29 is 4.39 Å². The molecule has 1 heterocycles. The van der Waals surface area contributed by atoms with Gasteiger partial charge < -0.3 is 9.88 Å². The van der Waals surface area contributed by atoms with Gasteiger partial charge in [-0.25, -0.2) is 4.39 Å². The predicted octanol–water partition coefficient (Wildman–Crippen LogP) is 3.05. The summed E-state index contributed by atoms with van der Waals surface area (Å²) in [5.41, 5.74) is 2.13. The maximum absolute atomic E-state index is 12.9. The molecule has 1 N–H and O–H groups in total. The zero-order chi connectivity index (χ0) is 12.3. The van der Waals surface area contributed by atoms with Crippen molar-refractivity contribution in [2.75, 3.05) is 7.05 Å². The molecule has 0 unspecified atom stereocenters. The molecule has 2 rings (SSSR count). The van der Waals surface area contributed by atoms with E-state index in [1.54, 1.807) is 6.07 Å². The normalized spacial score (nSPS) is 10.8. The molecular weight excluding hydrogens is 239 g/mol. The van der Waals surface area contributed by atoms with E-state index in [2.05, 4.69) is 11.5 Å². The van der Waals surface area contributed by atoms with Gasteiger partial charge in [0.15, 0.2) is 0 Å². The minimum absolute atomic E-state index is 0.304. The summed E-state index contributed by atoms with van der Waals surface area (Å²) in [4.78, 5) is 0. The van der Waals surface area contributed by atoms with Crippen molar-refractivity contribution in [1.82, 2.24) is 9.88 Å². The number of hydrogen-bond donors (Lipinski definition) is 1. The molecule has 0 spiro atoms. The molecule has 0 fully saturated rings. The molecule has 0 saturated carbocycles. The van der Waals surface area contributed by atoms with Gasteiger partial charge in [-0.2, -0.15) is 0 Å². The average Bonchev–Trinajstić information content (AvgIpc) is 2.71. The molecule has 0 radical (unpaired) electrons. The molecule has 0 saturated heterocycles. The van der Waals surface area contributed by atoms with Gasteiger partial charge >= 0.3 is 0 Å². The first kappa shape index (κ1) is 12.1. The van der Waals surface area contributed by atoms with Gasteiger partial charge in [-0.1, -0.05) is 17.7 Å². The van der Waals surface area contributed by atoms with Crippen LogP contribution >= 0.6 is 11.6 Å². The fourth-order valence-electron chi connectivity index (χ4n) is 1.74. The lowest BCUT2D eigenvalue weighted by molar-refractivity contribution is 0.626. The first-order valence-electron chi connectivity index (χ1n) is 5.42. The van der Waals surface area contributed by atoms with E-state index in [4.69, 9.17) is 11.6 Å². The van der Waals surface area contributed by atoms with E-state index >= 15 is 0 Å². The maximum Gasteiger partial charge on any atom is 0.124 e. The lowest BCUT2D eigenvalue weighted by Crippen LogP contribution is -2.04. The first-order valence-corrected chi connectivity index (χ1v) is 5.80. The van der Waals surface area contributed by atoms with Crippen molar-refractivity contribution in [2.45, 2.75) is 13.1 Å². The van der Waals surface area contributed by atoms with Crippen molar-refractivity contribution in [3.8, 4) is 0 Å². The van der Waals surface area contributed by atoms with Crippen molar-refractivity contribution in [3.63, 3.8) is 0 Å². The van der Waals surface area contributed by atoms with Gasteiger partial charge in [0.25, 0.3) is 0 Å². The molecule has 2 nitrogen and oxygen atoms in total. The largest absolute Gasteiger partial charge is 0.350 e. The molecule has 0 aliphatic carbocycles. The second-order valence-electron chi connectivity index (χ2n) is 3.96. The Balaban J connectivity index is 2.13. The van der Waals surface area contributed by atoms with E-state index in [9.17, 15) is 4.39 Å². The summed E-state index contributed by atoms with van der Waals surface area (Å²) in [5, 5.41) is 3.56. The predicted molar refractivity (Wildman–Crippen MR) is 67.7 cm³/mol. The van der Waals surface area contributed by atoms with Crippen LogP contribution in [0.5, 0.6) is 0 Å². The maximum atomic E-state index is 12.9. The van der Waals surface area contributed by atoms with Crippen LogP contribution in [0.25, 0.3) is 0 Å². The van der Waals surface area contributed by atoms with Crippen LogP contribution < -0.4 is 5.32 Å². The van der Waals surface area contributed by atoms with Crippen LogP contribution in [0.2, 0.25) is 5.02 Å². The fraction of sp³-hybridized carbons (Fsp3) is 0.231. The van der Waals surface area contributed by atoms with Gasteiger partial charge in [-0.3, -0.25) is 0 Å². The summed E-state index contributed by atoms with van der Waals surface area (Å²) in [6.45, 7) is 1.49. The number of nitrogens with one attached hydrogen (secondary N) is 1. The zero-order valence-corrected chi connectivity index (χ0v) is 10.3. The van der Waals surface area contributed by atoms with Crippen molar-refractivity contribution in [2.24, 2.45) is 0 Å². The highest BCUT2D eigenvalue weighted by atomic mass is 35.5. The summed E-state index contributed by atoms with van der Waals surface area (Å²) in [7, 11) is 1.91. The summed E-state index contributed by atoms with van der Waals surface area (Å²) in [6, 6.07) is 6.54. The third kappa shape index (κ3) is 3.08. The van der Waals surface area contributed by atoms with Crippen LogP contribution in [-0.2, 0) is 13.1 Å². The number of aromatic nitrogens is 1. The molecule has 4 heteroatoms. The zero-order valence-electron chi connectivity index (χ0n) is 9.58. The smallest absolute Gasteiger partial charge is 0.124 e. The Kier molecular flexibility index (Phi) is 3.82. The summed E-state index contributed by atoms with van der Waals surface area (Å²) >= 11 is 5.98. The molecule has 1 aromatic heterocycles. The topological polar surface area (TPSA) is 17.0 Å². The Morgan fingerprint density at radius 3 is 2.88 bits per heavy atom. The number of benzene rings is 1. The minimum atomic E-state index is -0.304. The number of rotatable bonds is 4. The van der Waals surface area contributed by atoms with E-state index < -0.39 is 0 Å². The molecule has 90 valence electrons. The van der Waals surface area contributed by atoms with E-state index in [0.29, 0.717) is 11.6 Å². The lowest BCUT2D eigenvalue weighted by atomic mass is 10.2. The van der Waals surface area contributed by atoms with E-state index in [0.717, 1.165) is 12.1 Å². The standard InChI is InChI=1S/C13H14ClFN2/c1-16-7-10-4-5-17(8-10)9-11-2-3-12(15)6-13(11)14/h2-6,8,16H,7,9H2,1H3. The lowest BCUT2D eigenvalue weighted by Gasteiger charge is -2.05. The van der Waals surface area contributed by atoms with Crippen molar-refractivity contribution in [1.29, 1.82) is 0 Å². The third-order valence-electron chi connectivity index (χ3n) is 2.56. The summed E-state index contributed by atoms with van der Waals surface area (Å²) in [5.74, 6) is -0.304. The Morgan fingerprint density at radius 2 is 2.18 bits per heavy atom. The number of halogens is 2. The highest BCUT2D eigenvalue weighted by Crippen LogP contribution is 2.18. The fourth-order valence-corrected chi connectivity index (χ4v) is 1.97. The van der Waals surface area contributed by atoms with Crippen molar-refractivity contribution >= 4 is 11.6 Å². The van der Waals surface area contributed by atoms with Crippen LogP contribution in [0.3, 0.4) is 0 Å². The Bertz CT molecular complexity index is 508. The molecule has 0 amide bonds. The molecule has 0 bridgehead atoms. The van der Waals surface area contributed by atoms with Crippen molar-refractivity contribution in [3.05, 3.63) is 58.6 Å². The van der Waals surface area contributed by atoms with Crippen LogP contribution in [-0.4, -0.2) is 11.6 Å². The highest BCUT2D eigenvalue weighted by Gasteiger charge is 2.03. The van der Waals surface area contributed by atoms with Crippen LogP contribution in [0, 0.1) is 5.82 Å². The van der Waals surface area contributed by atoms with Gasteiger partial charge in [0.05, 0.1) is 0 Å². The van der Waals surface area contributed by atoms with Gasteiger partial charge in [0.1, 0.15) is 5.82 Å².